The second-order valence-electron chi connectivity index (χ2n) is 5.69. The molecule has 0 amide bonds. The number of nitrogen functional groups attached to an aromatic ring is 1. The molecular formula is C14H22N5O5P. The average molecular weight is 371 g/mol. The Bertz CT molecular complexity index is 840. The molecule has 0 bridgehead atoms. The monoisotopic (exact) mass is 371 g/mol. The van der Waals surface area contributed by atoms with Gasteiger partial charge in [0.2, 0.25) is 5.95 Å². The lowest BCUT2D eigenvalue weighted by molar-refractivity contribution is 0.0520. The summed E-state index contributed by atoms with van der Waals surface area (Å²) in [7, 11) is -3.30. The Morgan fingerprint density at radius 1 is 1.40 bits per heavy atom. The topological polar surface area (TPSA) is 134 Å². The normalized spacial score (nSPS) is 21.2. The zero-order chi connectivity index (χ0) is 18.0. The summed E-state index contributed by atoms with van der Waals surface area (Å²) in [6, 6.07) is 0. The van der Waals surface area contributed by atoms with Gasteiger partial charge in [0.05, 0.1) is 32.2 Å². The molecule has 25 heavy (non-hydrogen) atoms. The number of nitrogens with two attached hydrogens (primary N) is 1. The number of fused-ring (bicyclic) bond motifs is 1. The summed E-state index contributed by atoms with van der Waals surface area (Å²) < 4.78 is 31.1. The minimum Gasteiger partial charge on any atom is -0.369 e. The first-order chi connectivity index (χ1) is 12.0. The van der Waals surface area contributed by atoms with Crippen molar-refractivity contribution in [3.05, 3.63) is 16.7 Å². The zero-order valence-electron chi connectivity index (χ0n) is 14.2. The molecule has 0 radical (unpaired) electrons. The first-order valence-electron chi connectivity index (χ1n) is 8.21. The standard InChI is InChI=1S/C14H22N5O5P/c1-3-22-25(21,23-4-2)10-6-5-9(24-10)7-19-8-16-11-12(19)17-14(15)18-13(11)20/h8-10H,3-7H2,1-2H3,(H3,15,17,18,20). The van der Waals surface area contributed by atoms with E-state index in [2.05, 4.69) is 15.0 Å². The smallest absolute Gasteiger partial charge is 0.359 e. The van der Waals surface area contributed by atoms with Crippen LogP contribution in [0, 0.1) is 0 Å². The number of H-pyrrole nitrogens is 1. The van der Waals surface area contributed by atoms with Gasteiger partial charge in [0.1, 0.15) is 0 Å². The second kappa shape index (κ2) is 7.25. The number of imidazole rings is 1. The van der Waals surface area contributed by atoms with Crippen molar-refractivity contribution in [2.45, 2.75) is 45.2 Å². The van der Waals surface area contributed by atoms with Crippen molar-refractivity contribution in [2.24, 2.45) is 0 Å². The molecule has 3 rings (SSSR count). The fourth-order valence-corrected chi connectivity index (χ4v) is 4.85. The third-order valence-electron chi connectivity index (χ3n) is 3.95. The molecule has 0 saturated carbocycles. The van der Waals surface area contributed by atoms with Gasteiger partial charge in [-0.15, -0.1) is 0 Å². The summed E-state index contributed by atoms with van der Waals surface area (Å²) in [5.41, 5.74) is 5.83. The first kappa shape index (κ1) is 18.1. The molecule has 1 saturated heterocycles. The molecule has 0 aliphatic carbocycles. The molecule has 1 aliphatic heterocycles. The number of ether oxygens (including phenoxy) is 1. The van der Waals surface area contributed by atoms with Gasteiger partial charge in [-0.25, -0.2) is 4.98 Å². The van der Waals surface area contributed by atoms with Gasteiger partial charge in [0.15, 0.2) is 17.0 Å². The van der Waals surface area contributed by atoms with Crippen molar-refractivity contribution in [3.8, 4) is 0 Å². The SMILES string of the molecule is CCOP(=O)(OCC)C1CCC(Cn2cnc3c(=O)[nH]c(N)nc32)O1. The maximum absolute atomic E-state index is 12.8. The molecular weight excluding hydrogens is 349 g/mol. The van der Waals surface area contributed by atoms with Gasteiger partial charge in [-0.05, 0) is 26.7 Å². The molecule has 2 atom stereocenters. The minimum atomic E-state index is -3.30. The van der Waals surface area contributed by atoms with E-state index in [0.29, 0.717) is 38.2 Å². The van der Waals surface area contributed by atoms with Crippen LogP contribution in [0.4, 0.5) is 5.95 Å². The van der Waals surface area contributed by atoms with Crippen LogP contribution in [0.15, 0.2) is 11.1 Å². The van der Waals surface area contributed by atoms with E-state index in [1.165, 1.54) is 6.33 Å². The first-order valence-corrected chi connectivity index (χ1v) is 9.83. The maximum atomic E-state index is 12.8. The highest BCUT2D eigenvalue weighted by Crippen LogP contribution is 2.57. The lowest BCUT2D eigenvalue weighted by Gasteiger charge is -2.23. The van der Waals surface area contributed by atoms with E-state index in [0.717, 1.165) is 0 Å². The van der Waals surface area contributed by atoms with Gasteiger partial charge < -0.3 is 24.1 Å². The van der Waals surface area contributed by atoms with Crippen LogP contribution in [0.1, 0.15) is 26.7 Å². The molecule has 1 aliphatic rings. The lowest BCUT2D eigenvalue weighted by Crippen LogP contribution is -2.19. The number of aromatic amines is 1. The van der Waals surface area contributed by atoms with Crippen LogP contribution in [0.2, 0.25) is 0 Å². The van der Waals surface area contributed by atoms with Gasteiger partial charge >= 0.3 is 7.60 Å². The van der Waals surface area contributed by atoms with Crippen LogP contribution in [-0.4, -0.2) is 44.7 Å². The Kier molecular flexibility index (Phi) is 5.24. The predicted molar refractivity (Wildman–Crippen MR) is 91.3 cm³/mol. The van der Waals surface area contributed by atoms with Gasteiger partial charge in [-0.3, -0.25) is 14.3 Å². The number of hydrogen-bond donors (Lipinski definition) is 2. The number of nitrogens with zero attached hydrogens (tertiary/aromatic N) is 3. The highest BCUT2D eigenvalue weighted by molar-refractivity contribution is 7.54. The molecule has 2 aromatic rings. The molecule has 3 N–H and O–H groups in total. The summed E-state index contributed by atoms with van der Waals surface area (Å²) >= 11 is 0. The molecule has 2 unspecified atom stereocenters. The molecule has 0 aromatic carbocycles. The summed E-state index contributed by atoms with van der Waals surface area (Å²) in [6.07, 6.45) is 2.57. The zero-order valence-corrected chi connectivity index (χ0v) is 15.1. The number of aromatic nitrogens is 4. The fraction of sp³-hybridized carbons (Fsp3) is 0.643. The van der Waals surface area contributed by atoms with Crippen molar-refractivity contribution in [1.82, 2.24) is 19.5 Å². The number of nitrogens with one attached hydrogen (secondary N) is 1. The fourth-order valence-electron chi connectivity index (χ4n) is 2.94. The van der Waals surface area contributed by atoms with Gasteiger partial charge in [-0.1, -0.05) is 0 Å². The van der Waals surface area contributed by atoms with Crippen LogP contribution in [-0.2, 0) is 24.9 Å². The molecule has 2 aromatic heterocycles. The lowest BCUT2D eigenvalue weighted by atomic mass is 10.2. The summed E-state index contributed by atoms with van der Waals surface area (Å²) in [5.74, 6) is -0.560. The molecule has 0 spiro atoms. The van der Waals surface area contributed by atoms with Gasteiger partial charge in [-0.2, -0.15) is 4.98 Å². The summed E-state index contributed by atoms with van der Waals surface area (Å²) in [6.45, 7) is 4.54. The van der Waals surface area contributed by atoms with Crippen LogP contribution in [0.5, 0.6) is 0 Å². The van der Waals surface area contributed by atoms with Crippen molar-refractivity contribution in [2.75, 3.05) is 18.9 Å². The summed E-state index contributed by atoms with van der Waals surface area (Å²) in [5, 5.41) is 0. The quantitative estimate of drug-likeness (QED) is 0.699. The van der Waals surface area contributed by atoms with E-state index < -0.39 is 13.4 Å². The Labute approximate surface area is 144 Å². The van der Waals surface area contributed by atoms with E-state index in [1.54, 1.807) is 18.4 Å². The Morgan fingerprint density at radius 2 is 2.12 bits per heavy atom. The van der Waals surface area contributed by atoms with Crippen molar-refractivity contribution >= 4 is 24.7 Å². The minimum absolute atomic E-state index is 0.0293. The average Bonchev–Trinajstić information content (AvgIpc) is 3.16. The largest absolute Gasteiger partial charge is 0.369 e. The van der Waals surface area contributed by atoms with Crippen molar-refractivity contribution in [3.63, 3.8) is 0 Å². The van der Waals surface area contributed by atoms with E-state index in [1.807, 2.05) is 0 Å². The second-order valence-corrected chi connectivity index (χ2v) is 7.86. The van der Waals surface area contributed by atoms with Crippen molar-refractivity contribution in [1.29, 1.82) is 0 Å². The molecule has 138 valence electrons. The Balaban J connectivity index is 1.75. The Hall–Kier alpha value is -1.74. The van der Waals surface area contributed by atoms with Gasteiger partial charge in [0.25, 0.3) is 5.56 Å². The van der Waals surface area contributed by atoms with Crippen LogP contribution in [0.3, 0.4) is 0 Å². The predicted octanol–water partition coefficient (Wildman–Crippen LogP) is 1.47. The van der Waals surface area contributed by atoms with E-state index >= 15 is 0 Å². The Morgan fingerprint density at radius 3 is 2.80 bits per heavy atom. The highest BCUT2D eigenvalue weighted by Gasteiger charge is 2.42. The van der Waals surface area contributed by atoms with Crippen molar-refractivity contribution < 1.29 is 18.3 Å². The molecule has 10 nitrogen and oxygen atoms in total. The number of rotatable bonds is 7. The third kappa shape index (κ3) is 3.62. The van der Waals surface area contributed by atoms with E-state index in [-0.39, 0.29) is 23.1 Å². The van der Waals surface area contributed by atoms with Crippen LogP contribution >= 0.6 is 7.60 Å². The van der Waals surface area contributed by atoms with E-state index in [4.69, 9.17) is 19.5 Å². The number of hydrogen-bond acceptors (Lipinski definition) is 8. The van der Waals surface area contributed by atoms with Crippen LogP contribution < -0.4 is 11.3 Å². The maximum Gasteiger partial charge on any atom is 0.359 e. The summed E-state index contributed by atoms with van der Waals surface area (Å²) in [4.78, 5) is 22.4. The van der Waals surface area contributed by atoms with E-state index in [9.17, 15) is 9.36 Å². The number of anilines is 1. The van der Waals surface area contributed by atoms with Crippen LogP contribution in [0.25, 0.3) is 11.2 Å². The third-order valence-corrected chi connectivity index (χ3v) is 6.27. The highest BCUT2D eigenvalue weighted by atomic mass is 31.2. The molecule has 1 fully saturated rings. The molecule has 3 heterocycles. The van der Waals surface area contributed by atoms with Gasteiger partial charge in [0, 0.05) is 0 Å². The molecule has 11 heteroatoms.